The largest absolute Gasteiger partial charge is 0.344 e. The zero-order chi connectivity index (χ0) is 12.4. The number of hydrogen-bond acceptors (Lipinski definition) is 3. The Bertz CT molecular complexity index is 476. The average molecular weight is 298 g/mol. The first-order valence-electron chi connectivity index (χ1n) is 5.29. The number of nitrogens with one attached hydrogen (secondary N) is 2. The Kier molecular flexibility index (Phi) is 3.42. The molecule has 17 heavy (non-hydrogen) atoms. The SMILES string of the molecule is Cc1nc(NC(=O)[C@H]2CCC(=O)N2)ccc1Br. The van der Waals surface area contributed by atoms with Crippen LogP contribution in [0.15, 0.2) is 16.6 Å². The van der Waals surface area contributed by atoms with E-state index in [0.717, 1.165) is 10.2 Å². The van der Waals surface area contributed by atoms with Crippen molar-refractivity contribution in [2.24, 2.45) is 0 Å². The lowest BCUT2D eigenvalue weighted by atomic mass is 10.2. The Morgan fingerprint density at radius 1 is 1.59 bits per heavy atom. The van der Waals surface area contributed by atoms with Gasteiger partial charge in [0.25, 0.3) is 0 Å². The summed E-state index contributed by atoms with van der Waals surface area (Å²) in [6, 6.07) is 3.10. The smallest absolute Gasteiger partial charge is 0.248 e. The molecule has 6 heteroatoms. The molecule has 0 unspecified atom stereocenters. The lowest BCUT2D eigenvalue weighted by Crippen LogP contribution is -2.37. The molecule has 0 saturated carbocycles. The molecule has 2 amide bonds. The van der Waals surface area contributed by atoms with E-state index in [0.29, 0.717) is 18.7 Å². The second-order valence-electron chi connectivity index (χ2n) is 3.91. The van der Waals surface area contributed by atoms with Crippen LogP contribution in [0.5, 0.6) is 0 Å². The monoisotopic (exact) mass is 297 g/mol. The molecular formula is C11H12BrN3O2. The highest BCUT2D eigenvalue weighted by Crippen LogP contribution is 2.17. The lowest BCUT2D eigenvalue weighted by Gasteiger charge is -2.10. The minimum Gasteiger partial charge on any atom is -0.344 e. The highest BCUT2D eigenvalue weighted by atomic mass is 79.9. The van der Waals surface area contributed by atoms with Crippen molar-refractivity contribution in [1.82, 2.24) is 10.3 Å². The molecule has 1 aromatic rings. The average Bonchev–Trinajstić information content (AvgIpc) is 2.70. The summed E-state index contributed by atoms with van der Waals surface area (Å²) in [7, 11) is 0. The topological polar surface area (TPSA) is 71.1 Å². The summed E-state index contributed by atoms with van der Waals surface area (Å²) in [5.41, 5.74) is 0.804. The molecule has 90 valence electrons. The Hall–Kier alpha value is -1.43. The first-order valence-corrected chi connectivity index (χ1v) is 6.09. The summed E-state index contributed by atoms with van der Waals surface area (Å²) in [6.45, 7) is 1.84. The Morgan fingerprint density at radius 2 is 2.35 bits per heavy atom. The molecule has 5 nitrogen and oxygen atoms in total. The predicted octanol–water partition coefficient (Wildman–Crippen LogP) is 1.37. The van der Waals surface area contributed by atoms with E-state index in [1.807, 2.05) is 13.0 Å². The van der Waals surface area contributed by atoms with Gasteiger partial charge in [0.2, 0.25) is 11.8 Å². The summed E-state index contributed by atoms with van der Waals surface area (Å²) in [6.07, 6.45) is 0.949. The number of hydrogen-bond donors (Lipinski definition) is 2. The van der Waals surface area contributed by atoms with E-state index in [2.05, 4.69) is 31.5 Å². The van der Waals surface area contributed by atoms with Crippen molar-refractivity contribution in [3.63, 3.8) is 0 Å². The normalized spacial score (nSPS) is 18.9. The molecule has 1 aromatic heterocycles. The van der Waals surface area contributed by atoms with Crippen LogP contribution < -0.4 is 10.6 Å². The summed E-state index contributed by atoms with van der Waals surface area (Å²) < 4.78 is 0.893. The Morgan fingerprint density at radius 3 is 2.94 bits per heavy atom. The van der Waals surface area contributed by atoms with Crippen LogP contribution in [0.1, 0.15) is 18.5 Å². The van der Waals surface area contributed by atoms with Gasteiger partial charge in [0.15, 0.2) is 0 Å². The number of anilines is 1. The van der Waals surface area contributed by atoms with Crippen LogP contribution in [-0.2, 0) is 9.59 Å². The van der Waals surface area contributed by atoms with Gasteiger partial charge in [-0.25, -0.2) is 4.98 Å². The number of rotatable bonds is 2. The van der Waals surface area contributed by atoms with Crippen molar-refractivity contribution in [2.45, 2.75) is 25.8 Å². The van der Waals surface area contributed by atoms with Gasteiger partial charge in [-0.2, -0.15) is 0 Å². The van der Waals surface area contributed by atoms with E-state index in [9.17, 15) is 9.59 Å². The van der Waals surface area contributed by atoms with Crippen LogP contribution in [0.3, 0.4) is 0 Å². The maximum absolute atomic E-state index is 11.8. The van der Waals surface area contributed by atoms with Crippen molar-refractivity contribution in [3.05, 3.63) is 22.3 Å². The molecule has 0 radical (unpaired) electrons. The number of nitrogens with zero attached hydrogens (tertiary/aromatic N) is 1. The lowest BCUT2D eigenvalue weighted by molar-refractivity contribution is -0.122. The third kappa shape index (κ3) is 2.82. The molecule has 2 rings (SSSR count). The maximum Gasteiger partial charge on any atom is 0.248 e. The van der Waals surface area contributed by atoms with Gasteiger partial charge < -0.3 is 10.6 Å². The van der Waals surface area contributed by atoms with Crippen LogP contribution in [-0.4, -0.2) is 22.8 Å². The van der Waals surface area contributed by atoms with Crippen LogP contribution in [0.4, 0.5) is 5.82 Å². The summed E-state index contributed by atoms with van der Waals surface area (Å²) >= 11 is 3.34. The fourth-order valence-corrected chi connectivity index (χ4v) is 1.86. The number of aromatic nitrogens is 1. The van der Waals surface area contributed by atoms with E-state index < -0.39 is 6.04 Å². The molecule has 2 N–H and O–H groups in total. The molecule has 1 aliphatic rings. The van der Waals surface area contributed by atoms with Gasteiger partial charge in [0, 0.05) is 10.9 Å². The van der Waals surface area contributed by atoms with Gasteiger partial charge in [0.1, 0.15) is 11.9 Å². The quantitative estimate of drug-likeness (QED) is 0.866. The molecule has 0 bridgehead atoms. The van der Waals surface area contributed by atoms with Gasteiger partial charge in [-0.3, -0.25) is 9.59 Å². The van der Waals surface area contributed by atoms with Gasteiger partial charge in [0.05, 0.1) is 5.69 Å². The van der Waals surface area contributed by atoms with E-state index in [-0.39, 0.29) is 11.8 Å². The first-order chi connectivity index (χ1) is 8.06. The van der Waals surface area contributed by atoms with E-state index in [1.165, 1.54) is 0 Å². The van der Waals surface area contributed by atoms with Crippen LogP contribution >= 0.6 is 15.9 Å². The zero-order valence-corrected chi connectivity index (χ0v) is 10.9. The third-order valence-corrected chi connectivity index (χ3v) is 3.42. The van der Waals surface area contributed by atoms with Crippen molar-refractivity contribution in [1.29, 1.82) is 0 Å². The van der Waals surface area contributed by atoms with E-state index in [4.69, 9.17) is 0 Å². The van der Waals surface area contributed by atoms with Gasteiger partial charge in [-0.05, 0) is 41.4 Å². The maximum atomic E-state index is 11.8. The zero-order valence-electron chi connectivity index (χ0n) is 9.29. The summed E-state index contributed by atoms with van der Waals surface area (Å²) in [4.78, 5) is 27.0. The predicted molar refractivity (Wildman–Crippen MR) is 66.5 cm³/mol. The fourth-order valence-electron chi connectivity index (χ4n) is 1.64. The number of carbonyl (C=O) groups is 2. The number of carbonyl (C=O) groups excluding carboxylic acids is 2. The third-order valence-electron chi connectivity index (χ3n) is 2.58. The Balaban J connectivity index is 2.03. The number of amides is 2. The molecule has 1 aliphatic heterocycles. The van der Waals surface area contributed by atoms with E-state index in [1.54, 1.807) is 6.07 Å². The second-order valence-corrected chi connectivity index (χ2v) is 4.77. The van der Waals surface area contributed by atoms with Gasteiger partial charge in [-0.1, -0.05) is 0 Å². The van der Waals surface area contributed by atoms with Crippen molar-refractivity contribution < 1.29 is 9.59 Å². The molecule has 0 aromatic carbocycles. The van der Waals surface area contributed by atoms with E-state index >= 15 is 0 Å². The molecule has 2 heterocycles. The highest BCUT2D eigenvalue weighted by molar-refractivity contribution is 9.10. The number of pyridine rings is 1. The Labute approximate surface area is 107 Å². The van der Waals surface area contributed by atoms with Gasteiger partial charge >= 0.3 is 0 Å². The minimum atomic E-state index is -0.437. The second kappa shape index (κ2) is 4.83. The molecule has 1 fully saturated rings. The first kappa shape index (κ1) is 12.0. The standard InChI is InChI=1S/C11H12BrN3O2/c1-6-7(12)2-4-9(13-6)15-11(17)8-3-5-10(16)14-8/h2,4,8H,3,5H2,1H3,(H,14,16)(H,13,15,17)/t8-/m1/s1. The molecular weight excluding hydrogens is 286 g/mol. The van der Waals surface area contributed by atoms with Crippen molar-refractivity contribution in [3.8, 4) is 0 Å². The molecule has 0 aliphatic carbocycles. The number of halogens is 1. The molecule has 0 spiro atoms. The van der Waals surface area contributed by atoms with Crippen LogP contribution in [0, 0.1) is 6.92 Å². The highest BCUT2D eigenvalue weighted by Gasteiger charge is 2.27. The van der Waals surface area contributed by atoms with Gasteiger partial charge in [-0.15, -0.1) is 0 Å². The summed E-state index contributed by atoms with van der Waals surface area (Å²) in [5, 5.41) is 5.30. The van der Waals surface area contributed by atoms with Crippen molar-refractivity contribution in [2.75, 3.05) is 5.32 Å². The number of aryl methyl sites for hydroxylation is 1. The summed E-state index contributed by atoms with van der Waals surface area (Å²) in [5.74, 6) is 0.201. The fraction of sp³-hybridized carbons (Fsp3) is 0.364. The molecule has 1 saturated heterocycles. The van der Waals surface area contributed by atoms with Crippen LogP contribution in [0.25, 0.3) is 0 Å². The van der Waals surface area contributed by atoms with Crippen LogP contribution in [0.2, 0.25) is 0 Å². The minimum absolute atomic E-state index is 0.0786. The van der Waals surface area contributed by atoms with Crippen molar-refractivity contribution >= 4 is 33.6 Å². The molecule has 1 atom stereocenters.